The van der Waals surface area contributed by atoms with E-state index in [0.717, 1.165) is 0 Å². The van der Waals surface area contributed by atoms with Crippen LogP contribution >= 0.6 is 0 Å². The average molecular weight is 372 g/mol. The van der Waals surface area contributed by atoms with Gasteiger partial charge in [0.2, 0.25) is 11.8 Å². The fourth-order valence-electron chi connectivity index (χ4n) is 3.06. The summed E-state index contributed by atoms with van der Waals surface area (Å²) in [5, 5.41) is 11.7. The Kier molecular flexibility index (Phi) is 5.16. The lowest BCUT2D eigenvalue weighted by Gasteiger charge is -2.17. The third-order valence-electron chi connectivity index (χ3n) is 4.52. The van der Waals surface area contributed by atoms with Crippen molar-refractivity contribution in [1.29, 1.82) is 0 Å². The maximum absolute atomic E-state index is 12.4. The summed E-state index contributed by atoms with van der Waals surface area (Å²) in [6.07, 6.45) is 0.120. The Morgan fingerprint density at radius 2 is 2.04 bits per heavy atom. The molecule has 2 aromatic rings. The first-order valence-corrected chi connectivity index (χ1v) is 8.43. The zero-order chi connectivity index (χ0) is 19.6. The van der Waals surface area contributed by atoms with Crippen LogP contribution in [0.5, 0.6) is 5.75 Å². The number of methoxy groups -OCH3 is 1. The number of aryl methyl sites for hydroxylation is 1. The highest BCUT2D eigenvalue weighted by Gasteiger charge is 2.35. The van der Waals surface area contributed by atoms with Gasteiger partial charge in [-0.2, -0.15) is 0 Å². The number of amides is 2. The van der Waals surface area contributed by atoms with E-state index >= 15 is 0 Å². The largest absolute Gasteiger partial charge is 0.497 e. The lowest BCUT2D eigenvalue weighted by molar-refractivity contribution is -0.126. The van der Waals surface area contributed by atoms with Crippen LogP contribution in [0.1, 0.15) is 28.3 Å². The quantitative estimate of drug-likeness (QED) is 0.802. The highest BCUT2D eigenvalue weighted by atomic mass is 16.5. The van der Waals surface area contributed by atoms with Crippen molar-refractivity contribution in [1.82, 2.24) is 5.32 Å². The molecule has 0 saturated carbocycles. The van der Waals surface area contributed by atoms with Crippen LogP contribution < -0.4 is 15.0 Å². The first-order valence-electron chi connectivity index (χ1n) is 8.43. The predicted molar refractivity (Wildman–Crippen MR) is 95.7 cm³/mol. The highest BCUT2D eigenvalue weighted by Crippen LogP contribution is 2.27. The topological polar surface area (TPSA) is 109 Å². The summed E-state index contributed by atoms with van der Waals surface area (Å²) in [7, 11) is 1.57. The van der Waals surface area contributed by atoms with Crippen LogP contribution in [0.3, 0.4) is 0 Å². The molecule has 8 heteroatoms. The van der Waals surface area contributed by atoms with Crippen molar-refractivity contribution in [3.63, 3.8) is 0 Å². The first kappa shape index (κ1) is 18.5. The van der Waals surface area contributed by atoms with Crippen LogP contribution in [0.4, 0.5) is 5.69 Å². The van der Waals surface area contributed by atoms with Crippen molar-refractivity contribution >= 4 is 23.5 Å². The summed E-state index contributed by atoms with van der Waals surface area (Å²) in [5.41, 5.74) is 0.782. The van der Waals surface area contributed by atoms with E-state index in [-0.39, 0.29) is 42.6 Å². The Morgan fingerprint density at radius 3 is 2.63 bits per heavy atom. The molecule has 142 valence electrons. The second-order valence-electron chi connectivity index (χ2n) is 6.31. The van der Waals surface area contributed by atoms with Crippen molar-refractivity contribution in [2.45, 2.75) is 19.9 Å². The van der Waals surface area contributed by atoms with Gasteiger partial charge in [-0.25, -0.2) is 4.79 Å². The number of hydrogen-bond donors (Lipinski definition) is 2. The molecule has 1 unspecified atom stereocenters. The fraction of sp³-hybridized carbons (Fsp3) is 0.316. The maximum atomic E-state index is 12.4. The van der Waals surface area contributed by atoms with Crippen LogP contribution in [-0.2, 0) is 16.1 Å². The summed E-state index contributed by atoms with van der Waals surface area (Å²) in [6.45, 7) is 1.91. The molecule has 2 amide bonds. The highest BCUT2D eigenvalue weighted by molar-refractivity contribution is 6.00. The standard InChI is InChI=1S/C19H20N2O6/c1-11-16(19(24)25)8-15(27-11)9-20-18(23)12-7-17(22)21(10-12)13-3-5-14(26-2)6-4-13/h3-6,8,12H,7,9-10H2,1-2H3,(H,20,23)(H,24,25). The summed E-state index contributed by atoms with van der Waals surface area (Å²) in [6, 6.07) is 8.46. The van der Waals surface area contributed by atoms with E-state index in [9.17, 15) is 14.4 Å². The summed E-state index contributed by atoms with van der Waals surface area (Å²) >= 11 is 0. The summed E-state index contributed by atoms with van der Waals surface area (Å²) in [5.74, 6) is -0.621. The minimum Gasteiger partial charge on any atom is -0.497 e. The monoisotopic (exact) mass is 372 g/mol. The number of nitrogens with one attached hydrogen (secondary N) is 1. The number of furan rings is 1. The molecule has 1 aromatic heterocycles. The molecule has 27 heavy (non-hydrogen) atoms. The molecular weight excluding hydrogens is 352 g/mol. The molecule has 0 spiro atoms. The molecule has 0 radical (unpaired) electrons. The zero-order valence-electron chi connectivity index (χ0n) is 15.0. The third kappa shape index (κ3) is 3.94. The van der Waals surface area contributed by atoms with Crippen LogP contribution in [-0.4, -0.2) is 36.5 Å². The van der Waals surface area contributed by atoms with Gasteiger partial charge < -0.3 is 24.5 Å². The summed E-state index contributed by atoms with van der Waals surface area (Å²) in [4.78, 5) is 37.3. The van der Waals surface area contributed by atoms with E-state index in [1.54, 1.807) is 43.2 Å². The maximum Gasteiger partial charge on any atom is 0.339 e. The van der Waals surface area contributed by atoms with Crippen molar-refractivity contribution in [2.75, 3.05) is 18.6 Å². The van der Waals surface area contributed by atoms with Crippen LogP contribution in [0.15, 0.2) is 34.7 Å². The van der Waals surface area contributed by atoms with E-state index in [1.807, 2.05) is 0 Å². The summed E-state index contributed by atoms with van der Waals surface area (Å²) < 4.78 is 10.4. The van der Waals surface area contributed by atoms with Gasteiger partial charge in [-0.1, -0.05) is 0 Å². The van der Waals surface area contributed by atoms with E-state index in [1.165, 1.54) is 6.07 Å². The van der Waals surface area contributed by atoms with Crippen molar-refractivity contribution in [3.05, 3.63) is 47.4 Å². The smallest absolute Gasteiger partial charge is 0.339 e. The fourth-order valence-corrected chi connectivity index (χ4v) is 3.06. The number of ether oxygens (including phenoxy) is 1. The van der Waals surface area contributed by atoms with Gasteiger partial charge in [0.1, 0.15) is 22.8 Å². The Bertz CT molecular complexity index is 871. The van der Waals surface area contributed by atoms with Crippen LogP contribution in [0.25, 0.3) is 0 Å². The molecule has 3 rings (SSSR count). The van der Waals surface area contributed by atoms with E-state index < -0.39 is 11.9 Å². The molecule has 1 saturated heterocycles. The lowest BCUT2D eigenvalue weighted by atomic mass is 10.1. The zero-order valence-corrected chi connectivity index (χ0v) is 15.0. The van der Waals surface area contributed by atoms with E-state index in [2.05, 4.69) is 5.32 Å². The number of hydrogen-bond acceptors (Lipinski definition) is 5. The van der Waals surface area contributed by atoms with Gasteiger partial charge >= 0.3 is 5.97 Å². The Morgan fingerprint density at radius 1 is 1.33 bits per heavy atom. The number of carboxylic acids is 1. The molecule has 1 atom stereocenters. The number of benzene rings is 1. The molecule has 1 aromatic carbocycles. The van der Waals surface area contributed by atoms with Crippen molar-refractivity contribution in [3.8, 4) is 5.75 Å². The molecule has 0 aliphatic carbocycles. The van der Waals surface area contributed by atoms with Crippen molar-refractivity contribution < 1.29 is 28.6 Å². The van der Waals surface area contributed by atoms with Crippen molar-refractivity contribution in [2.24, 2.45) is 5.92 Å². The number of nitrogens with zero attached hydrogens (tertiary/aromatic N) is 1. The Hall–Kier alpha value is -3.29. The Balaban J connectivity index is 1.60. The lowest BCUT2D eigenvalue weighted by Crippen LogP contribution is -2.32. The normalized spacial score (nSPS) is 16.4. The van der Waals surface area contributed by atoms with Crippen LogP contribution in [0, 0.1) is 12.8 Å². The van der Waals surface area contributed by atoms with Gasteiger partial charge in [0.15, 0.2) is 0 Å². The predicted octanol–water partition coefficient (Wildman–Crippen LogP) is 1.96. The second kappa shape index (κ2) is 7.53. The van der Waals surface area contributed by atoms with Gasteiger partial charge in [0, 0.05) is 18.7 Å². The number of carboxylic acid groups (broad SMARTS) is 1. The van der Waals surface area contributed by atoms with Gasteiger partial charge in [-0.15, -0.1) is 0 Å². The number of carbonyl (C=O) groups excluding carboxylic acids is 2. The van der Waals surface area contributed by atoms with Gasteiger partial charge in [-0.05, 0) is 37.3 Å². The Labute approximate surface area is 155 Å². The third-order valence-corrected chi connectivity index (χ3v) is 4.52. The number of rotatable bonds is 6. The molecule has 2 heterocycles. The molecule has 1 aliphatic rings. The molecule has 2 N–H and O–H groups in total. The van der Waals surface area contributed by atoms with E-state index in [4.69, 9.17) is 14.3 Å². The molecular formula is C19H20N2O6. The van der Waals surface area contributed by atoms with Gasteiger partial charge in [-0.3, -0.25) is 9.59 Å². The van der Waals surface area contributed by atoms with Gasteiger partial charge in [0.25, 0.3) is 0 Å². The minimum atomic E-state index is -1.08. The SMILES string of the molecule is COc1ccc(N2CC(C(=O)NCc3cc(C(=O)O)c(C)o3)CC2=O)cc1. The molecule has 1 fully saturated rings. The first-order chi connectivity index (χ1) is 12.9. The van der Waals surface area contributed by atoms with Gasteiger partial charge in [0.05, 0.1) is 19.6 Å². The number of anilines is 1. The van der Waals surface area contributed by atoms with E-state index in [0.29, 0.717) is 17.2 Å². The number of carbonyl (C=O) groups is 3. The van der Waals surface area contributed by atoms with Crippen LogP contribution in [0.2, 0.25) is 0 Å². The number of aromatic carboxylic acids is 1. The molecule has 1 aliphatic heterocycles. The minimum absolute atomic E-state index is 0.0696. The average Bonchev–Trinajstić information content (AvgIpc) is 3.22. The second-order valence-corrected chi connectivity index (χ2v) is 6.31. The molecule has 8 nitrogen and oxygen atoms in total. The molecule has 0 bridgehead atoms.